The third-order valence-corrected chi connectivity index (χ3v) is 4.51. The molecule has 19 heavy (non-hydrogen) atoms. The molecule has 1 fully saturated rings. The predicted octanol–water partition coefficient (Wildman–Crippen LogP) is 3.40. The van der Waals surface area contributed by atoms with Crippen molar-refractivity contribution in [2.24, 2.45) is 11.3 Å². The molecule has 1 N–H and O–H groups in total. The third-order valence-electron chi connectivity index (χ3n) is 3.77. The standard InChI is InChI=1S/C13H14BrNO4/c1-13(12(16)17,9-3-4-9)7-8-2-5-10(15(18)19)6-11(8)14/h2,5-6,9H,3-4,7H2,1H3,(H,16,17). The summed E-state index contributed by atoms with van der Waals surface area (Å²) in [5, 5.41) is 20.1. The quantitative estimate of drug-likeness (QED) is 0.663. The zero-order valence-electron chi connectivity index (χ0n) is 10.4. The van der Waals surface area contributed by atoms with Crippen molar-refractivity contribution < 1.29 is 14.8 Å². The molecule has 1 aliphatic rings. The molecule has 1 aromatic rings. The van der Waals surface area contributed by atoms with Crippen molar-refractivity contribution in [1.82, 2.24) is 0 Å². The summed E-state index contributed by atoms with van der Waals surface area (Å²) in [5.74, 6) is -0.604. The van der Waals surface area contributed by atoms with Gasteiger partial charge in [0.05, 0.1) is 10.3 Å². The summed E-state index contributed by atoms with van der Waals surface area (Å²) in [5.41, 5.74) is 0.0000295. The van der Waals surface area contributed by atoms with Gasteiger partial charge in [-0.2, -0.15) is 0 Å². The van der Waals surface area contributed by atoms with Gasteiger partial charge in [0.1, 0.15) is 0 Å². The minimum absolute atomic E-state index is 0.000856. The molecule has 1 atom stereocenters. The summed E-state index contributed by atoms with van der Waals surface area (Å²) >= 11 is 3.29. The van der Waals surface area contributed by atoms with Crippen molar-refractivity contribution in [3.8, 4) is 0 Å². The first-order valence-corrected chi connectivity index (χ1v) is 6.80. The Hall–Kier alpha value is -1.43. The van der Waals surface area contributed by atoms with Crippen LogP contribution in [0.3, 0.4) is 0 Å². The number of carboxylic acids is 1. The molecule has 0 radical (unpaired) electrons. The summed E-state index contributed by atoms with van der Waals surface area (Å²) in [6.45, 7) is 1.75. The highest BCUT2D eigenvalue weighted by atomic mass is 79.9. The van der Waals surface area contributed by atoms with E-state index in [-0.39, 0.29) is 11.6 Å². The Morgan fingerprint density at radius 3 is 2.63 bits per heavy atom. The number of carbonyl (C=O) groups is 1. The van der Waals surface area contributed by atoms with Gasteiger partial charge < -0.3 is 5.11 Å². The number of benzene rings is 1. The van der Waals surface area contributed by atoms with Crippen LogP contribution in [0.15, 0.2) is 22.7 Å². The molecule has 1 aliphatic carbocycles. The highest BCUT2D eigenvalue weighted by Crippen LogP contribution is 2.48. The highest BCUT2D eigenvalue weighted by molar-refractivity contribution is 9.10. The molecule has 6 heteroatoms. The third kappa shape index (κ3) is 2.78. The molecule has 0 saturated heterocycles. The lowest BCUT2D eigenvalue weighted by Crippen LogP contribution is -2.32. The van der Waals surface area contributed by atoms with E-state index in [0.29, 0.717) is 10.9 Å². The van der Waals surface area contributed by atoms with E-state index >= 15 is 0 Å². The molecule has 0 bridgehead atoms. The number of nitrogens with zero attached hydrogens (tertiary/aromatic N) is 1. The molecule has 0 heterocycles. The Bertz CT molecular complexity index is 541. The summed E-state index contributed by atoms with van der Waals surface area (Å²) in [4.78, 5) is 21.7. The largest absolute Gasteiger partial charge is 0.481 e. The minimum atomic E-state index is -0.805. The highest BCUT2D eigenvalue weighted by Gasteiger charge is 2.47. The molecular formula is C13H14BrNO4. The van der Waals surface area contributed by atoms with Gasteiger partial charge >= 0.3 is 5.97 Å². The fourth-order valence-electron chi connectivity index (χ4n) is 2.30. The summed E-state index contributed by atoms with van der Waals surface area (Å²) in [6.07, 6.45) is 2.26. The lowest BCUT2D eigenvalue weighted by atomic mass is 9.79. The molecule has 5 nitrogen and oxygen atoms in total. The molecular weight excluding hydrogens is 314 g/mol. The fraction of sp³-hybridized carbons (Fsp3) is 0.462. The first kappa shape index (κ1) is 14.0. The van der Waals surface area contributed by atoms with Gasteiger partial charge in [0.15, 0.2) is 0 Å². The first-order valence-electron chi connectivity index (χ1n) is 6.01. The van der Waals surface area contributed by atoms with Crippen LogP contribution >= 0.6 is 15.9 Å². The van der Waals surface area contributed by atoms with Gasteiger partial charge in [-0.05, 0) is 37.7 Å². The SMILES string of the molecule is CC(Cc1ccc([N+](=O)[O-])cc1Br)(C(=O)O)C1CC1. The number of aliphatic carboxylic acids is 1. The van der Waals surface area contributed by atoms with Crippen LogP contribution in [0, 0.1) is 21.4 Å². The average Bonchev–Trinajstić information content (AvgIpc) is 3.15. The van der Waals surface area contributed by atoms with Crippen LogP contribution in [-0.2, 0) is 11.2 Å². The number of rotatable bonds is 5. The minimum Gasteiger partial charge on any atom is -0.481 e. The van der Waals surface area contributed by atoms with Crippen LogP contribution in [0.25, 0.3) is 0 Å². The van der Waals surface area contributed by atoms with Crippen molar-refractivity contribution >= 4 is 27.6 Å². The van der Waals surface area contributed by atoms with Gasteiger partial charge in [0.25, 0.3) is 5.69 Å². The number of hydrogen-bond acceptors (Lipinski definition) is 3. The number of halogens is 1. The molecule has 1 aromatic carbocycles. The van der Waals surface area contributed by atoms with Gasteiger partial charge in [0, 0.05) is 16.6 Å². The van der Waals surface area contributed by atoms with Gasteiger partial charge in [-0.25, -0.2) is 0 Å². The Morgan fingerprint density at radius 1 is 1.58 bits per heavy atom. The second-order valence-electron chi connectivity index (χ2n) is 5.21. The normalized spacial score (nSPS) is 17.8. The second kappa shape index (κ2) is 4.92. The van der Waals surface area contributed by atoms with Gasteiger partial charge in [-0.1, -0.05) is 22.0 Å². The average molecular weight is 328 g/mol. The van der Waals surface area contributed by atoms with Gasteiger partial charge in [0.2, 0.25) is 0 Å². The van der Waals surface area contributed by atoms with Crippen molar-refractivity contribution in [1.29, 1.82) is 0 Å². The van der Waals surface area contributed by atoms with E-state index in [4.69, 9.17) is 0 Å². The van der Waals surface area contributed by atoms with Crippen molar-refractivity contribution in [3.05, 3.63) is 38.3 Å². The molecule has 1 unspecified atom stereocenters. The van der Waals surface area contributed by atoms with Crippen LogP contribution in [0.4, 0.5) is 5.69 Å². The van der Waals surface area contributed by atoms with Crippen molar-refractivity contribution in [3.63, 3.8) is 0 Å². The maximum absolute atomic E-state index is 11.5. The zero-order valence-corrected chi connectivity index (χ0v) is 12.0. The number of carboxylic acid groups (broad SMARTS) is 1. The predicted molar refractivity (Wildman–Crippen MR) is 73.0 cm³/mol. The summed E-state index contributed by atoms with van der Waals surface area (Å²) in [7, 11) is 0. The number of hydrogen-bond donors (Lipinski definition) is 1. The van der Waals surface area contributed by atoms with E-state index in [9.17, 15) is 20.0 Å². The Kier molecular flexibility index (Phi) is 3.62. The Morgan fingerprint density at radius 2 is 2.21 bits per heavy atom. The molecule has 0 aromatic heterocycles. The summed E-state index contributed by atoms with van der Waals surface area (Å²) < 4.78 is 0.592. The van der Waals surface area contributed by atoms with Crippen molar-refractivity contribution in [2.45, 2.75) is 26.2 Å². The van der Waals surface area contributed by atoms with E-state index in [1.165, 1.54) is 12.1 Å². The summed E-state index contributed by atoms with van der Waals surface area (Å²) in [6, 6.07) is 4.46. The lowest BCUT2D eigenvalue weighted by Gasteiger charge is -2.25. The van der Waals surface area contributed by atoms with E-state index in [2.05, 4.69) is 15.9 Å². The van der Waals surface area contributed by atoms with Crippen LogP contribution in [0.2, 0.25) is 0 Å². The molecule has 1 saturated carbocycles. The Labute approximate surface area is 118 Å². The molecule has 2 rings (SSSR count). The second-order valence-corrected chi connectivity index (χ2v) is 6.06. The van der Waals surface area contributed by atoms with E-state index in [0.717, 1.165) is 18.4 Å². The van der Waals surface area contributed by atoms with Crippen LogP contribution < -0.4 is 0 Å². The van der Waals surface area contributed by atoms with Gasteiger partial charge in [-0.15, -0.1) is 0 Å². The van der Waals surface area contributed by atoms with Gasteiger partial charge in [-0.3, -0.25) is 14.9 Å². The molecule has 102 valence electrons. The maximum atomic E-state index is 11.5. The van der Waals surface area contributed by atoms with Crippen LogP contribution in [0.5, 0.6) is 0 Å². The smallest absolute Gasteiger partial charge is 0.309 e. The van der Waals surface area contributed by atoms with Crippen LogP contribution in [-0.4, -0.2) is 16.0 Å². The van der Waals surface area contributed by atoms with Crippen molar-refractivity contribution in [2.75, 3.05) is 0 Å². The number of nitro groups is 1. The van der Waals surface area contributed by atoms with Crippen LogP contribution in [0.1, 0.15) is 25.3 Å². The number of nitro benzene ring substituents is 1. The molecule has 0 aliphatic heterocycles. The molecule has 0 amide bonds. The van der Waals surface area contributed by atoms with E-state index in [1.54, 1.807) is 13.0 Å². The maximum Gasteiger partial charge on any atom is 0.309 e. The Balaban J connectivity index is 2.27. The lowest BCUT2D eigenvalue weighted by molar-refractivity contribution is -0.384. The molecule has 0 spiro atoms. The monoisotopic (exact) mass is 327 g/mol. The van der Waals surface area contributed by atoms with E-state index in [1.807, 2.05) is 0 Å². The zero-order chi connectivity index (χ0) is 14.2. The number of non-ortho nitro benzene ring substituents is 1. The fourth-order valence-corrected chi connectivity index (χ4v) is 2.81. The van der Waals surface area contributed by atoms with E-state index < -0.39 is 16.3 Å². The first-order chi connectivity index (χ1) is 8.84. The topological polar surface area (TPSA) is 80.4 Å².